The summed E-state index contributed by atoms with van der Waals surface area (Å²) in [5, 5.41) is 6.34. The molecule has 1 atom stereocenters. The summed E-state index contributed by atoms with van der Waals surface area (Å²) in [6.45, 7) is 0.380. The Bertz CT molecular complexity index is 1240. The summed E-state index contributed by atoms with van der Waals surface area (Å²) in [7, 11) is 3.02. The summed E-state index contributed by atoms with van der Waals surface area (Å²) in [6.07, 6.45) is -0.392. The molecule has 200 valence electrons. The molecule has 0 fully saturated rings. The lowest BCUT2D eigenvalue weighted by atomic mass is 10.2. The maximum absolute atomic E-state index is 12.9. The lowest BCUT2D eigenvalue weighted by Gasteiger charge is -2.30. The molecule has 3 aromatic rings. The number of ether oxygens (including phenoxy) is 4. The molecule has 0 aromatic heterocycles. The molecule has 38 heavy (non-hydrogen) atoms. The number of carbonyl (C=O) groups excluding carboxylic acids is 2. The molecule has 1 aliphatic rings. The van der Waals surface area contributed by atoms with E-state index >= 15 is 0 Å². The third kappa shape index (κ3) is 7.22. The molecule has 1 heterocycles. The van der Waals surface area contributed by atoms with Crippen LogP contribution in [0, 0.1) is 0 Å². The number of rotatable bonds is 10. The zero-order valence-corrected chi connectivity index (χ0v) is 22.3. The minimum atomic E-state index is -0.392. The molecule has 2 amide bonds. The smallest absolute Gasteiger partial charge is 0.238 e. The van der Waals surface area contributed by atoms with Crippen molar-refractivity contribution in [2.24, 2.45) is 0 Å². The fourth-order valence-corrected chi connectivity index (χ4v) is 4.44. The van der Waals surface area contributed by atoms with E-state index in [2.05, 4.69) is 10.6 Å². The SMILES string of the molecule is COc1ccc(NC(=O)CN(CC(=O)Nc2ccc(OC)c(Cl)c2)C[C@H]2COc3ccccc3O2)cc1Cl. The molecule has 9 nitrogen and oxygen atoms in total. The van der Waals surface area contributed by atoms with Crippen molar-refractivity contribution >= 4 is 46.4 Å². The highest BCUT2D eigenvalue weighted by molar-refractivity contribution is 6.32. The fraction of sp³-hybridized carbons (Fsp3) is 0.259. The third-order valence-electron chi connectivity index (χ3n) is 5.63. The van der Waals surface area contributed by atoms with E-state index in [0.717, 1.165) is 0 Å². The Kier molecular flexibility index (Phi) is 9.17. The number of nitrogens with one attached hydrogen (secondary N) is 2. The number of para-hydroxylation sites is 2. The highest BCUT2D eigenvalue weighted by atomic mass is 35.5. The van der Waals surface area contributed by atoms with Gasteiger partial charge in [0.2, 0.25) is 11.8 Å². The molecule has 0 radical (unpaired) electrons. The van der Waals surface area contributed by atoms with Crippen molar-refractivity contribution in [3.05, 3.63) is 70.7 Å². The average molecular weight is 560 g/mol. The number of halogens is 2. The fourth-order valence-electron chi connectivity index (χ4n) is 3.92. The lowest BCUT2D eigenvalue weighted by molar-refractivity contribution is -0.120. The van der Waals surface area contributed by atoms with Gasteiger partial charge in [0.15, 0.2) is 11.5 Å². The summed E-state index contributed by atoms with van der Waals surface area (Å²) in [5.41, 5.74) is 1.01. The van der Waals surface area contributed by atoms with Crippen LogP contribution in [0.1, 0.15) is 0 Å². The highest BCUT2D eigenvalue weighted by Crippen LogP contribution is 2.31. The van der Waals surface area contributed by atoms with Crippen molar-refractivity contribution in [2.45, 2.75) is 6.10 Å². The van der Waals surface area contributed by atoms with Crippen LogP contribution < -0.4 is 29.6 Å². The first-order chi connectivity index (χ1) is 18.3. The first-order valence-corrected chi connectivity index (χ1v) is 12.5. The normalized spacial score (nSPS) is 14.1. The van der Waals surface area contributed by atoms with E-state index in [1.807, 2.05) is 24.3 Å². The van der Waals surface area contributed by atoms with E-state index in [4.69, 9.17) is 42.1 Å². The van der Waals surface area contributed by atoms with Crippen molar-refractivity contribution < 1.29 is 28.5 Å². The molecule has 11 heteroatoms. The number of benzene rings is 3. The molecule has 0 unspecified atom stereocenters. The summed E-state index contributed by atoms with van der Waals surface area (Å²) in [6, 6.07) is 17.2. The van der Waals surface area contributed by atoms with Crippen LogP contribution in [-0.2, 0) is 9.59 Å². The maximum Gasteiger partial charge on any atom is 0.238 e. The van der Waals surface area contributed by atoms with Crippen LogP contribution in [0.5, 0.6) is 23.0 Å². The molecule has 0 saturated carbocycles. The van der Waals surface area contributed by atoms with Crippen molar-refractivity contribution in [1.82, 2.24) is 4.90 Å². The molecular weight excluding hydrogens is 533 g/mol. The van der Waals surface area contributed by atoms with Crippen LogP contribution in [-0.4, -0.2) is 63.3 Å². The number of nitrogens with zero attached hydrogens (tertiary/aromatic N) is 1. The van der Waals surface area contributed by atoms with Crippen molar-refractivity contribution in [3.63, 3.8) is 0 Å². The second kappa shape index (κ2) is 12.7. The van der Waals surface area contributed by atoms with Crippen molar-refractivity contribution in [1.29, 1.82) is 0 Å². The molecule has 1 aliphatic heterocycles. The first-order valence-electron chi connectivity index (χ1n) is 11.7. The van der Waals surface area contributed by atoms with Gasteiger partial charge in [-0.1, -0.05) is 35.3 Å². The second-order valence-electron chi connectivity index (χ2n) is 8.46. The van der Waals surface area contributed by atoms with Crippen molar-refractivity contribution in [3.8, 4) is 23.0 Å². The van der Waals surface area contributed by atoms with Gasteiger partial charge in [-0.3, -0.25) is 14.5 Å². The largest absolute Gasteiger partial charge is 0.495 e. The Morgan fingerprint density at radius 1 is 0.868 bits per heavy atom. The quantitative estimate of drug-likeness (QED) is 0.370. The van der Waals surface area contributed by atoms with E-state index in [1.54, 1.807) is 41.3 Å². The summed E-state index contributed by atoms with van der Waals surface area (Å²) < 4.78 is 22.2. The van der Waals surface area contributed by atoms with Gasteiger partial charge in [-0.25, -0.2) is 0 Å². The van der Waals surface area contributed by atoms with Gasteiger partial charge in [-0.2, -0.15) is 0 Å². The lowest BCUT2D eigenvalue weighted by Crippen LogP contribution is -2.46. The zero-order valence-electron chi connectivity index (χ0n) is 20.8. The minimum Gasteiger partial charge on any atom is -0.495 e. The van der Waals surface area contributed by atoms with E-state index in [9.17, 15) is 9.59 Å². The van der Waals surface area contributed by atoms with E-state index < -0.39 is 6.10 Å². The molecule has 2 N–H and O–H groups in total. The zero-order chi connectivity index (χ0) is 27.1. The number of hydrogen-bond donors (Lipinski definition) is 2. The summed E-state index contributed by atoms with van der Waals surface area (Å²) in [4.78, 5) is 27.5. The van der Waals surface area contributed by atoms with Crippen LogP contribution in [0.4, 0.5) is 11.4 Å². The van der Waals surface area contributed by atoms with Crippen LogP contribution >= 0.6 is 23.2 Å². The molecule has 0 saturated heterocycles. The predicted molar refractivity (Wildman–Crippen MR) is 146 cm³/mol. The topological polar surface area (TPSA) is 98.4 Å². The standard InChI is InChI=1S/C27H27Cl2N3O6/c1-35-22-9-7-17(11-20(22)28)30-26(33)14-32(13-19-16-37-24-5-3-4-6-25(24)38-19)15-27(34)31-18-8-10-23(36-2)21(29)12-18/h3-12,19H,13-16H2,1-2H3,(H,30,33)(H,31,34)/t19-/m0/s1. The van der Waals surface area contributed by atoms with Crippen LogP contribution in [0.15, 0.2) is 60.7 Å². The van der Waals surface area contributed by atoms with E-state index in [1.165, 1.54) is 14.2 Å². The Balaban J connectivity index is 1.44. The molecule has 3 aromatic carbocycles. The van der Waals surface area contributed by atoms with Crippen LogP contribution in [0.3, 0.4) is 0 Å². The van der Waals surface area contributed by atoms with Gasteiger partial charge in [0.1, 0.15) is 24.2 Å². The van der Waals surface area contributed by atoms with E-state index in [-0.39, 0.29) is 38.1 Å². The summed E-state index contributed by atoms with van der Waals surface area (Å²) in [5.74, 6) is 1.59. The second-order valence-corrected chi connectivity index (χ2v) is 9.28. The number of hydrogen-bond acceptors (Lipinski definition) is 7. The Morgan fingerprint density at radius 2 is 1.39 bits per heavy atom. The van der Waals surface area contributed by atoms with Gasteiger partial charge in [-0.05, 0) is 48.5 Å². The molecule has 0 bridgehead atoms. The molecule has 0 spiro atoms. The van der Waals surface area contributed by atoms with Gasteiger partial charge in [0.05, 0.1) is 37.4 Å². The predicted octanol–water partition coefficient (Wildman–Crippen LogP) is 4.73. The minimum absolute atomic E-state index is 0.0814. The molecular formula is C27H27Cl2N3O6. The monoisotopic (exact) mass is 559 g/mol. The molecule has 0 aliphatic carbocycles. The Morgan fingerprint density at radius 3 is 1.89 bits per heavy atom. The van der Waals surface area contributed by atoms with Gasteiger partial charge in [0.25, 0.3) is 0 Å². The Hall–Kier alpha value is -3.66. The molecule has 4 rings (SSSR count). The van der Waals surface area contributed by atoms with E-state index in [0.29, 0.717) is 44.4 Å². The maximum atomic E-state index is 12.9. The average Bonchev–Trinajstić information content (AvgIpc) is 2.88. The number of fused-ring (bicyclic) bond motifs is 1. The first kappa shape index (κ1) is 27.4. The number of methoxy groups -OCH3 is 2. The van der Waals surface area contributed by atoms with Gasteiger partial charge in [0, 0.05) is 17.9 Å². The third-order valence-corrected chi connectivity index (χ3v) is 6.23. The number of anilines is 2. The van der Waals surface area contributed by atoms with Gasteiger partial charge in [-0.15, -0.1) is 0 Å². The number of amides is 2. The summed E-state index contributed by atoms with van der Waals surface area (Å²) >= 11 is 12.4. The Labute approximate surface area is 230 Å². The highest BCUT2D eigenvalue weighted by Gasteiger charge is 2.25. The van der Waals surface area contributed by atoms with Crippen LogP contribution in [0.25, 0.3) is 0 Å². The van der Waals surface area contributed by atoms with Gasteiger partial charge >= 0.3 is 0 Å². The van der Waals surface area contributed by atoms with Crippen LogP contribution in [0.2, 0.25) is 10.0 Å². The number of carbonyl (C=O) groups is 2. The van der Waals surface area contributed by atoms with Gasteiger partial charge < -0.3 is 29.6 Å². The van der Waals surface area contributed by atoms with Crippen molar-refractivity contribution in [2.75, 3.05) is 51.1 Å².